The molecule has 0 aromatic heterocycles. The molecule has 0 aliphatic heterocycles. The fourth-order valence-corrected chi connectivity index (χ4v) is 1.65. The van der Waals surface area contributed by atoms with Gasteiger partial charge in [-0.15, -0.1) is 34.4 Å². The Labute approximate surface area is 159 Å². The molecule has 0 amide bonds. The van der Waals surface area contributed by atoms with Gasteiger partial charge < -0.3 is 12.8 Å². The van der Waals surface area contributed by atoms with E-state index >= 15 is 0 Å². The van der Waals surface area contributed by atoms with E-state index in [1.54, 1.807) is 0 Å². The van der Waals surface area contributed by atoms with Crippen LogP contribution >= 0.6 is 0 Å². The summed E-state index contributed by atoms with van der Waals surface area (Å²) in [4.78, 5) is 0. The van der Waals surface area contributed by atoms with E-state index in [0.29, 0.717) is 0 Å². The zero-order valence-electron chi connectivity index (χ0n) is 9.77. The van der Waals surface area contributed by atoms with Crippen LogP contribution in [-0.4, -0.2) is 0 Å². The molecular weight excluding hydrogens is 370 g/mol. The monoisotopic (exact) mass is 378 g/mol. The van der Waals surface area contributed by atoms with Crippen LogP contribution in [0.1, 0.15) is 11.1 Å². The Hall–Kier alpha value is -0.232. The summed E-state index contributed by atoms with van der Waals surface area (Å²) in [5.41, 5.74) is 3.27. The molecule has 2 aromatic rings. The van der Waals surface area contributed by atoms with E-state index in [-0.39, 0.29) is 65.4 Å². The van der Waals surface area contributed by atoms with Crippen molar-refractivity contribution in [3.8, 4) is 23.0 Å². The van der Waals surface area contributed by atoms with Gasteiger partial charge in [0, 0.05) is 65.4 Å². The van der Waals surface area contributed by atoms with Crippen LogP contribution in [0.15, 0.2) is 48.5 Å². The van der Waals surface area contributed by atoms with Gasteiger partial charge in [-0.3, -0.25) is 11.8 Å². The van der Waals surface area contributed by atoms with E-state index in [2.05, 4.69) is 11.8 Å². The van der Waals surface area contributed by atoms with Crippen molar-refractivity contribution in [1.29, 1.82) is 0 Å². The van der Waals surface area contributed by atoms with Crippen LogP contribution in [0.2, 0.25) is 0 Å². The van der Waals surface area contributed by atoms with Gasteiger partial charge in [0.05, 0.1) is 0 Å². The Morgan fingerprint density at radius 2 is 0.944 bits per heavy atom. The van der Waals surface area contributed by atoms with Crippen molar-refractivity contribution in [1.82, 2.24) is 0 Å². The van der Waals surface area contributed by atoms with Crippen LogP contribution in [0, 0.1) is 24.7 Å². The molecule has 2 aromatic carbocycles. The van der Waals surface area contributed by atoms with Crippen LogP contribution < -0.4 is 0 Å². The average Bonchev–Trinajstić information content (AvgIpc) is 2.38. The largest absolute Gasteiger partial charge is 0.366 e. The first-order valence-electron chi connectivity index (χ1n) is 4.90. The maximum Gasteiger partial charge on any atom is 0 e. The quantitative estimate of drug-likeness (QED) is 0.528. The van der Waals surface area contributed by atoms with Crippen molar-refractivity contribution >= 4 is 0 Å². The second kappa shape index (κ2) is 8.80. The topological polar surface area (TPSA) is 0 Å². The smallest absolute Gasteiger partial charge is 0 e. The maximum absolute atomic E-state index is 7.24. The summed E-state index contributed by atoms with van der Waals surface area (Å²) >= 11 is 0. The Bertz CT molecular complexity index is 545. The molecule has 0 heterocycles. The van der Waals surface area contributed by atoms with Crippen LogP contribution in [0.3, 0.4) is 0 Å². The van der Waals surface area contributed by atoms with Gasteiger partial charge in [-0.2, -0.15) is 0 Å². The third-order valence-electron chi connectivity index (χ3n) is 2.41. The number of benzene rings is 2. The van der Waals surface area contributed by atoms with Gasteiger partial charge in [0.1, 0.15) is 0 Å². The van der Waals surface area contributed by atoms with E-state index < -0.39 is 0 Å². The standard InChI is InChI=1S/C16H8.2Y/c1-3-13-9-5-7-11-15(13)16-12-8-6-10-14(16)4-2;;/h5-12H;;/q-2;;. The van der Waals surface area contributed by atoms with Gasteiger partial charge in [-0.1, -0.05) is 36.4 Å². The minimum absolute atomic E-state index is 0. The fraction of sp³-hybridized carbons (Fsp3) is 0. The van der Waals surface area contributed by atoms with Crippen LogP contribution in [0.4, 0.5) is 0 Å². The molecule has 0 N–H and O–H groups in total. The third kappa shape index (κ3) is 3.88. The third-order valence-corrected chi connectivity index (χ3v) is 2.41. The summed E-state index contributed by atoms with van der Waals surface area (Å²) in [5, 5.41) is 0. The van der Waals surface area contributed by atoms with Crippen LogP contribution in [0.5, 0.6) is 0 Å². The summed E-state index contributed by atoms with van der Waals surface area (Å²) in [6, 6.07) is 15.1. The van der Waals surface area contributed by atoms with Gasteiger partial charge in [-0.05, 0) is 0 Å². The van der Waals surface area contributed by atoms with Gasteiger partial charge >= 0.3 is 0 Å². The van der Waals surface area contributed by atoms with E-state index in [0.717, 1.165) is 22.3 Å². The molecule has 0 bridgehead atoms. The van der Waals surface area contributed by atoms with E-state index in [1.165, 1.54) is 0 Å². The average molecular weight is 378 g/mol. The van der Waals surface area contributed by atoms with Gasteiger partial charge in [-0.25, -0.2) is 0 Å². The Kier molecular flexibility index (Phi) is 8.68. The van der Waals surface area contributed by atoms with Crippen LogP contribution in [-0.2, 0) is 65.4 Å². The molecule has 0 unspecified atom stereocenters. The minimum Gasteiger partial charge on any atom is -0.366 e. The zero-order chi connectivity index (χ0) is 11.4. The molecule has 18 heavy (non-hydrogen) atoms. The second-order valence-corrected chi connectivity index (χ2v) is 3.34. The summed E-state index contributed by atoms with van der Waals surface area (Å²) in [5.74, 6) is 4.81. The molecular formula is C16H8Y2-2. The van der Waals surface area contributed by atoms with Gasteiger partial charge in [0.15, 0.2) is 0 Å². The molecule has 0 saturated heterocycles. The number of hydrogen-bond acceptors (Lipinski definition) is 0. The van der Waals surface area contributed by atoms with Crippen molar-refractivity contribution in [3.05, 3.63) is 72.5 Å². The molecule has 0 atom stereocenters. The summed E-state index contributed by atoms with van der Waals surface area (Å²) < 4.78 is 0. The fourth-order valence-electron chi connectivity index (χ4n) is 1.65. The SMILES string of the molecule is [C-]#Cc1ccccc1-c1ccccc1C#[C-].[Y].[Y]. The summed E-state index contributed by atoms with van der Waals surface area (Å²) in [6.07, 6.45) is 14.5. The Morgan fingerprint density at radius 1 is 0.611 bits per heavy atom. The first kappa shape index (κ1) is 17.8. The predicted molar refractivity (Wildman–Crippen MR) is 64.3 cm³/mol. The van der Waals surface area contributed by atoms with Crippen LogP contribution in [0.25, 0.3) is 11.1 Å². The number of hydrogen-bond donors (Lipinski definition) is 0. The molecule has 2 heteroatoms. The Morgan fingerprint density at radius 3 is 1.28 bits per heavy atom. The number of rotatable bonds is 1. The first-order chi connectivity index (χ1) is 7.86. The molecule has 2 rings (SSSR count). The molecule has 0 spiro atoms. The molecule has 80 valence electrons. The van der Waals surface area contributed by atoms with Crippen molar-refractivity contribution < 1.29 is 65.4 Å². The summed E-state index contributed by atoms with van der Waals surface area (Å²) in [7, 11) is 0. The molecule has 2 radical (unpaired) electrons. The second-order valence-electron chi connectivity index (χ2n) is 3.34. The van der Waals surface area contributed by atoms with Gasteiger partial charge in [0.25, 0.3) is 0 Å². The van der Waals surface area contributed by atoms with E-state index in [4.69, 9.17) is 12.8 Å². The first-order valence-corrected chi connectivity index (χ1v) is 4.90. The maximum atomic E-state index is 7.24. The van der Waals surface area contributed by atoms with Gasteiger partial charge in [0.2, 0.25) is 0 Å². The van der Waals surface area contributed by atoms with E-state index in [9.17, 15) is 0 Å². The zero-order valence-corrected chi connectivity index (χ0v) is 15.5. The molecule has 0 aliphatic rings. The van der Waals surface area contributed by atoms with Crippen molar-refractivity contribution in [2.24, 2.45) is 0 Å². The van der Waals surface area contributed by atoms with Crippen molar-refractivity contribution in [2.75, 3.05) is 0 Å². The molecule has 0 aliphatic carbocycles. The van der Waals surface area contributed by atoms with E-state index in [1.807, 2.05) is 48.5 Å². The normalized spacial score (nSPS) is 8.11. The molecule has 0 saturated carbocycles. The summed E-state index contributed by atoms with van der Waals surface area (Å²) in [6.45, 7) is 0. The van der Waals surface area contributed by atoms with Crippen molar-refractivity contribution in [3.63, 3.8) is 0 Å². The predicted octanol–water partition coefficient (Wildman–Crippen LogP) is 3.22. The molecule has 0 fully saturated rings. The Balaban J connectivity index is 0.00000144. The minimum atomic E-state index is 0. The van der Waals surface area contributed by atoms with Crippen molar-refractivity contribution in [2.45, 2.75) is 0 Å². The molecule has 0 nitrogen and oxygen atoms in total.